The lowest BCUT2D eigenvalue weighted by molar-refractivity contribution is -0.384. The molecule has 28 heavy (non-hydrogen) atoms. The van der Waals surface area contributed by atoms with Crippen LogP contribution in [0.1, 0.15) is 10.4 Å². The van der Waals surface area contributed by atoms with Crippen molar-refractivity contribution in [2.75, 3.05) is 5.32 Å². The molecule has 0 aromatic heterocycles. The first-order valence-electron chi connectivity index (χ1n) is 8.00. The van der Waals surface area contributed by atoms with E-state index >= 15 is 0 Å². The topological polar surface area (TPSA) is 116 Å². The molecule has 0 saturated heterocycles. The molecule has 8 nitrogen and oxygen atoms in total. The van der Waals surface area contributed by atoms with E-state index in [1.807, 2.05) is 0 Å². The second-order valence-electron chi connectivity index (χ2n) is 5.64. The van der Waals surface area contributed by atoms with Gasteiger partial charge in [-0.2, -0.15) is 8.42 Å². The Bertz CT molecular complexity index is 1110. The number of anilines is 1. The molecule has 0 heterocycles. The molecule has 0 bridgehead atoms. The largest absolute Gasteiger partial charge is 0.379 e. The van der Waals surface area contributed by atoms with Crippen LogP contribution in [0.15, 0.2) is 83.8 Å². The molecular weight excluding hydrogens is 384 g/mol. The van der Waals surface area contributed by atoms with Gasteiger partial charge in [-0.05, 0) is 42.5 Å². The summed E-state index contributed by atoms with van der Waals surface area (Å²) >= 11 is 0. The van der Waals surface area contributed by atoms with Crippen LogP contribution in [0.3, 0.4) is 0 Å². The standard InChI is InChI=1S/C19H14N2O6S/c22-19(14-5-2-1-3-6-14)20-15-9-11-18(12-10-15)28(25,26)27-17-8-4-7-16(13-17)21(23)24/h1-13H,(H,20,22). The van der Waals surface area contributed by atoms with Gasteiger partial charge in [0, 0.05) is 17.3 Å². The van der Waals surface area contributed by atoms with Crippen molar-refractivity contribution in [3.63, 3.8) is 0 Å². The lowest BCUT2D eigenvalue weighted by atomic mass is 10.2. The minimum Gasteiger partial charge on any atom is -0.379 e. The zero-order valence-electron chi connectivity index (χ0n) is 14.3. The second-order valence-corrected chi connectivity index (χ2v) is 7.18. The average Bonchev–Trinajstić information content (AvgIpc) is 2.69. The van der Waals surface area contributed by atoms with Crippen molar-refractivity contribution >= 4 is 27.4 Å². The highest BCUT2D eigenvalue weighted by Crippen LogP contribution is 2.24. The van der Waals surface area contributed by atoms with E-state index in [0.29, 0.717) is 11.3 Å². The summed E-state index contributed by atoms with van der Waals surface area (Å²) < 4.78 is 29.7. The minimum absolute atomic E-state index is 0.156. The first-order chi connectivity index (χ1) is 13.3. The number of carbonyl (C=O) groups excluding carboxylic acids is 1. The van der Waals surface area contributed by atoms with Crippen molar-refractivity contribution in [1.29, 1.82) is 0 Å². The number of hydrogen-bond acceptors (Lipinski definition) is 6. The van der Waals surface area contributed by atoms with E-state index < -0.39 is 15.0 Å². The molecule has 0 aliphatic rings. The second kappa shape index (κ2) is 7.89. The van der Waals surface area contributed by atoms with Crippen LogP contribution in [-0.4, -0.2) is 19.2 Å². The van der Waals surface area contributed by atoms with Gasteiger partial charge in [-0.25, -0.2) is 0 Å². The van der Waals surface area contributed by atoms with Crippen LogP contribution in [0.25, 0.3) is 0 Å². The molecule has 3 aromatic rings. The van der Waals surface area contributed by atoms with Crippen LogP contribution in [0.4, 0.5) is 11.4 Å². The average molecular weight is 398 g/mol. The minimum atomic E-state index is -4.19. The number of nitro benzene ring substituents is 1. The van der Waals surface area contributed by atoms with Gasteiger partial charge >= 0.3 is 10.1 Å². The maximum Gasteiger partial charge on any atom is 0.339 e. The highest BCUT2D eigenvalue weighted by molar-refractivity contribution is 7.87. The molecule has 1 amide bonds. The summed E-state index contributed by atoms with van der Waals surface area (Å²) in [6.45, 7) is 0. The highest BCUT2D eigenvalue weighted by atomic mass is 32.2. The van der Waals surface area contributed by atoms with E-state index in [0.717, 1.165) is 6.07 Å². The van der Waals surface area contributed by atoms with Crippen molar-refractivity contribution in [3.05, 3.63) is 94.5 Å². The number of rotatable bonds is 6. The summed E-state index contributed by atoms with van der Waals surface area (Å²) in [5, 5.41) is 13.4. The number of non-ortho nitro benzene ring substituents is 1. The summed E-state index contributed by atoms with van der Waals surface area (Å²) in [4.78, 5) is 22.1. The molecule has 9 heteroatoms. The fraction of sp³-hybridized carbons (Fsp3) is 0. The number of hydrogen-bond donors (Lipinski definition) is 1. The lowest BCUT2D eigenvalue weighted by Gasteiger charge is -2.09. The van der Waals surface area contributed by atoms with Crippen LogP contribution in [0, 0.1) is 10.1 Å². The van der Waals surface area contributed by atoms with Gasteiger partial charge in [-0.3, -0.25) is 14.9 Å². The predicted octanol–water partition coefficient (Wildman–Crippen LogP) is 3.61. The number of nitro groups is 1. The van der Waals surface area contributed by atoms with Gasteiger partial charge in [0.15, 0.2) is 0 Å². The Kier molecular flexibility index (Phi) is 5.37. The summed E-state index contributed by atoms with van der Waals surface area (Å²) in [6.07, 6.45) is 0. The number of amides is 1. The normalized spacial score (nSPS) is 10.9. The maximum atomic E-state index is 12.4. The van der Waals surface area contributed by atoms with Gasteiger partial charge in [-0.1, -0.05) is 24.3 Å². The van der Waals surface area contributed by atoms with Crippen molar-refractivity contribution < 1.29 is 22.3 Å². The van der Waals surface area contributed by atoms with Crippen molar-refractivity contribution in [2.24, 2.45) is 0 Å². The molecule has 0 unspecified atom stereocenters. The van der Waals surface area contributed by atoms with Gasteiger partial charge in [0.1, 0.15) is 10.6 Å². The van der Waals surface area contributed by atoms with E-state index in [9.17, 15) is 23.3 Å². The predicted molar refractivity (Wildman–Crippen MR) is 102 cm³/mol. The Labute approximate surface area is 160 Å². The highest BCUT2D eigenvalue weighted by Gasteiger charge is 2.18. The number of nitrogens with one attached hydrogen (secondary N) is 1. The van der Waals surface area contributed by atoms with Crippen LogP contribution in [0.5, 0.6) is 5.75 Å². The molecule has 0 saturated carbocycles. The molecule has 0 fully saturated rings. The fourth-order valence-electron chi connectivity index (χ4n) is 2.32. The third-order valence-corrected chi connectivity index (χ3v) is 4.93. The first-order valence-corrected chi connectivity index (χ1v) is 9.41. The molecule has 0 radical (unpaired) electrons. The maximum absolute atomic E-state index is 12.4. The molecule has 3 aromatic carbocycles. The Hall–Kier alpha value is -3.72. The lowest BCUT2D eigenvalue weighted by Crippen LogP contribution is -2.12. The van der Waals surface area contributed by atoms with Gasteiger partial charge < -0.3 is 9.50 Å². The van der Waals surface area contributed by atoms with Gasteiger partial charge in [0.05, 0.1) is 11.0 Å². The third-order valence-electron chi connectivity index (χ3n) is 3.67. The number of benzene rings is 3. The fourth-order valence-corrected chi connectivity index (χ4v) is 3.24. The SMILES string of the molecule is O=C(Nc1ccc(S(=O)(=O)Oc2cccc([N+](=O)[O-])c2)cc1)c1ccccc1. The van der Waals surface area contributed by atoms with E-state index in [-0.39, 0.29) is 22.2 Å². The number of carbonyl (C=O) groups is 1. The third kappa shape index (κ3) is 4.51. The van der Waals surface area contributed by atoms with Crippen molar-refractivity contribution in [1.82, 2.24) is 0 Å². The quantitative estimate of drug-likeness (QED) is 0.385. The number of nitrogens with zero attached hydrogens (tertiary/aromatic N) is 1. The molecule has 0 aliphatic carbocycles. The van der Waals surface area contributed by atoms with E-state index in [4.69, 9.17) is 4.18 Å². The molecule has 3 rings (SSSR count). The van der Waals surface area contributed by atoms with Gasteiger partial charge in [0.2, 0.25) is 0 Å². The molecule has 0 spiro atoms. The van der Waals surface area contributed by atoms with Crippen LogP contribution >= 0.6 is 0 Å². The molecule has 0 atom stereocenters. The molecular formula is C19H14N2O6S. The summed E-state index contributed by atoms with van der Waals surface area (Å²) in [5.41, 5.74) is 0.586. The Balaban J connectivity index is 1.74. The zero-order valence-corrected chi connectivity index (χ0v) is 15.1. The first kappa shape index (κ1) is 19.1. The van der Waals surface area contributed by atoms with Crippen molar-refractivity contribution in [2.45, 2.75) is 4.90 Å². The van der Waals surface area contributed by atoms with Gasteiger partial charge in [-0.15, -0.1) is 0 Å². The summed E-state index contributed by atoms with van der Waals surface area (Å²) in [7, 11) is -4.19. The summed E-state index contributed by atoms with van der Waals surface area (Å²) in [5.74, 6) is -0.500. The Morgan fingerprint density at radius 3 is 2.25 bits per heavy atom. The molecule has 0 aliphatic heterocycles. The Morgan fingerprint density at radius 2 is 1.61 bits per heavy atom. The monoisotopic (exact) mass is 398 g/mol. The Morgan fingerprint density at radius 1 is 0.929 bits per heavy atom. The molecule has 1 N–H and O–H groups in total. The smallest absolute Gasteiger partial charge is 0.339 e. The summed E-state index contributed by atoms with van der Waals surface area (Å²) in [6, 6.07) is 18.8. The van der Waals surface area contributed by atoms with Crippen LogP contribution < -0.4 is 9.50 Å². The van der Waals surface area contributed by atoms with Crippen LogP contribution in [0.2, 0.25) is 0 Å². The van der Waals surface area contributed by atoms with E-state index in [2.05, 4.69) is 5.32 Å². The van der Waals surface area contributed by atoms with Crippen LogP contribution in [-0.2, 0) is 10.1 Å². The van der Waals surface area contributed by atoms with Crippen molar-refractivity contribution in [3.8, 4) is 5.75 Å². The van der Waals surface area contributed by atoms with E-state index in [1.54, 1.807) is 30.3 Å². The zero-order chi connectivity index (χ0) is 20.1. The van der Waals surface area contributed by atoms with E-state index in [1.165, 1.54) is 42.5 Å². The van der Waals surface area contributed by atoms with Gasteiger partial charge in [0.25, 0.3) is 11.6 Å². The molecule has 142 valence electrons.